The highest BCUT2D eigenvalue weighted by Gasteiger charge is 2.05. The van der Waals surface area contributed by atoms with Crippen LogP contribution in [0.15, 0.2) is 23.3 Å². The predicted octanol–water partition coefficient (Wildman–Crippen LogP) is 3.31. The van der Waals surface area contributed by atoms with Crippen molar-refractivity contribution in [2.24, 2.45) is 5.92 Å². The molecule has 0 saturated heterocycles. The molecule has 0 saturated carbocycles. The van der Waals surface area contributed by atoms with Gasteiger partial charge in [0.05, 0.1) is 0 Å². The second-order valence-electron chi connectivity index (χ2n) is 3.40. The molecule has 0 spiro atoms. The molecule has 0 nitrogen and oxygen atoms in total. The summed E-state index contributed by atoms with van der Waals surface area (Å²) in [6, 6.07) is 0. The molecule has 0 amide bonds. The van der Waals surface area contributed by atoms with Gasteiger partial charge in [-0.25, -0.2) is 0 Å². The Morgan fingerprint density at radius 1 is 1.50 bits per heavy atom. The van der Waals surface area contributed by atoms with Crippen LogP contribution in [0.1, 0.15) is 33.6 Å². The summed E-state index contributed by atoms with van der Waals surface area (Å²) in [4.78, 5) is 0. The molecular weight excluding hydrogens is 120 g/mol. The highest BCUT2D eigenvalue weighted by atomic mass is 14.1. The molecular formula is C10H16. The number of hydrogen-bond acceptors (Lipinski definition) is 0. The Bertz CT molecular complexity index is 168. The van der Waals surface area contributed by atoms with Crippen LogP contribution in [0.3, 0.4) is 0 Å². The molecule has 0 aromatic rings. The molecule has 0 aromatic heterocycles. The van der Waals surface area contributed by atoms with Crippen LogP contribution in [0.5, 0.6) is 0 Å². The first-order valence-corrected chi connectivity index (χ1v) is 4.04. The van der Waals surface area contributed by atoms with E-state index in [2.05, 4.69) is 32.9 Å². The largest absolute Gasteiger partial charge is 0.0814 e. The molecule has 0 N–H and O–H groups in total. The topological polar surface area (TPSA) is 0 Å². The fourth-order valence-corrected chi connectivity index (χ4v) is 1.26. The zero-order valence-electron chi connectivity index (χ0n) is 7.15. The van der Waals surface area contributed by atoms with Gasteiger partial charge in [0.15, 0.2) is 0 Å². The molecule has 1 aliphatic carbocycles. The van der Waals surface area contributed by atoms with Crippen LogP contribution in [0.2, 0.25) is 0 Å². The van der Waals surface area contributed by atoms with Crippen LogP contribution in [0, 0.1) is 5.92 Å². The summed E-state index contributed by atoms with van der Waals surface area (Å²) in [6.07, 6.45) is 7.20. The Balaban J connectivity index is 2.71. The van der Waals surface area contributed by atoms with Gasteiger partial charge in [0, 0.05) is 0 Å². The first-order chi connectivity index (χ1) is 4.70. The summed E-state index contributed by atoms with van der Waals surface area (Å²) in [5, 5.41) is 0. The molecule has 0 heterocycles. The molecule has 1 aliphatic rings. The monoisotopic (exact) mass is 136 g/mol. The summed E-state index contributed by atoms with van der Waals surface area (Å²) >= 11 is 0. The van der Waals surface area contributed by atoms with Crippen molar-refractivity contribution in [1.29, 1.82) is 0 Å². The molecule has 0 aliphatic heterocycles. The molecule has 0 radical (unpaired) electrons. The quantitative estimate of drug-likeness (QED) is 0.479. The van der Waals surface area contributed by atoms with E-state index in [9.17, 15) is 0 Å². The average Bonchev–Trinajstić information content (AvgIpc) is 1.88. The smallest absolute Gasteiger partial charge is 0.0256 e. The molecule has 1 rings (SSSR count). The summed E-state index contributed by atoms with van der Waals surface area (Å²) in [6.45, 7) is 6.66. The van der Waals surface area contributed by atoms with E-state index < -0.39 is 0 Å². The fraction of sp³-hybridized carbons (Fsp3) is 0.600. The van der Waals surface area contributed by atoms with Gasteiger partial charge in [-0.1, -0.05) is 24.6 Å². The maximum absolute atomic E-state index is 2.31. The van der Waals surface area contributed by atoms with Crippen LogP contribution >= 0.6 is 0 Å². The Kier molecular flexibility index (Phi) is 2.31. The van der Waals surface area contributed by atoms with Gasteiger partial charge in [-0.15, -0.1) is 0 Å². The summed E-state index contributed by atoms with van der Waals surface area (Å²) < 4.78 is 0. The van der Waals surface area contributed by atoms with Gasteiger partial charge in [0.1, 0.15) is 0 Å². The van der Waals surface area contributed by atoms with Gasteiger partial charge in [-0.05, 0) is 38.2 Å². The minimum Gasteiger partial charge on any atom is -0.0814 e. The van der Waals surface area contributed by atoms with E-state index in [1.54, 1.807) is 0 Å². The van der Waals surface area contributed by atoms with Crippen LogP contribution in [-0.2, 0) is 0 Å². The molecule has 1 atom stereocenters. The van der Waals surface area contributed by atoms with Crippen molar-refractivity contribution in [1.82, 2.24) is 0 Å². The highest BCUT2D eigenvalue weighted by Crippen LogP contribution is 2.22. The van der Waals surface area contributed by atoms with Crippen molar-refractivity contribution in [2.75, 3.05) is 0 Å². The van der Waals surface area contributed by atoms with E-state index >= 15 is 0 Å². The third-order valence-corrected chi connectivity index (χ3v) is 2.14. The minimum atomic E-state index is 0.795. The molecule has 0 fully saturated rings. The number of rotatable bonds is 0. The molecule has 10 heavy (non-hydrogen) atoms. The standard InChI is InChI=1S/C10H16/c1-8(2)10-6-4-9(3)5-7-10/h4,6,9H,5,7H2,1-3H3/t9-/m0/s1. The van der Waals surface area contributed by atoms with Gasteiger partial charge >= 0.3 is 0 Å². The van der Waals surface area contributed by atoms with Crippen molar-refractivity contribution in [3.8, 4) is 0 Å². The van der Waals surface area contributed by atoms with Crippen molar-refractivity contribution in [3.05, 3.63) is 23.3 Å². The Morgan fingerprint density at radius 3 is 2.60 bits per heavy atom. The zero-order chi connectivity index (χ0) is 7.56. The first-order valence-electron chi connectivity index (χ1n) is 4.04. The van der Waals surface area contributed by atoms with Crippen molar-refractivity contribution in [3.63, 3.8) is 0 Å². The Morgan fingerprint density at radius 2 is 2.20 bits per heavy atom. The van der Waals surface area contributed by atoms with Crippen LogP contribution in [0.4, 0.5) is 0 Å². The van der Waals surface area contributed by atoms with Crippen LogP contribution in [-0.4, -0.2) is 0 Å². The third kappa shape index (κ3) is 1.73. The van der Waals surface area contributed by atoms with Crippen molar-refractivity contribution < 1.29 is 0 Å². The maximum atomic E-state index is 2.31. The van der Waals surface area contributed by atoms with Gasteiger partial charge in [0.25, 0.3) is 0 Å². The summed E-state index contributed by atoms with van der Waals surface area (Å²) in [5.41, 5.74) is 3.02. The summed E-state index contributed by atoms with van der Waals surface area (Å²) in [5.74, 6) is 0.795. The van der Waals surface area contributed by atoms with E-state index in [1.165, 1.54) is 24.0 Å². The Labute approximate surface area is 63.6 Å². The second kappa shape index (κ2) is 3.05. The fourth-order valence-electron chi connectivity index (χ4n) is 1.26. The molecule has 0 heteroatoms. The van der Waals surface area contributed by atoms with E-state index in [4.69, 9.17) is 0 Å². The van der Waals surface area contributed by atoms with Crippen molar-refractivity contribution >= 4 is 0 Å². The third-order valence-electron chi connectivity index (χ3n) is 2.14. The number of hydrogen-bond donors (Lipinski definition) is 0. The maximum Gasteiger partial charge on any atom is -0.0256 e. The lowest BCUT2D eigenvalue weighted by Crippen LogP contribution is -1.97. The minimum absolute atomic E-state index is 0.795. The molecule has 0 unspecified atom stereocenters. The average molecular weight is 136 g/mol. The van der Waals surface area contributed by atoms with Gasteiger partial charge < -0.3 is 0 Å². The van der Waals surface area contributed by atoms with Crippen LogP contribution < -0.4 is 0 Å². The Hall–Kier alpha value is -0.520. The summed E-state index contributed by atoms with van der Waals surface area (Å²) in [7, 11) is 0. The molecule has 0 bridgehead atoms. The van der Waals surface area contributed by atoms with Gasteiger partial charge in [0.2, 0.25) is 0 Å². The van der Waals surface area contributed by atoms with Crippen LogP contribution in [0.25, 0.3) is 0 Å². The second-order valence-corrected chi connectivity index (χ2v) is 3.40. The number of allylic oxidation sites excluding steroid dienone is 4. The molecule has 0 aromatic carbocycles. The lowest BCUT2D eigenvalue weighted by molar-refractivity contribution is 0.628. The van der Waals surface area contributed by atoms with E-state index in [1.807, 2.05) is 0 Å². The lowest BCUT2D eigenvalue weighted by Gasteiger charge is -2.14. The highest BCUT2D eigenvalue weighted by molar-refractivity contribution is 5.26. The normalized spacial score (nSPS) is 25.1. The van der Waals surface area contributed by atoms with Crippen molar-refractivity contribution in [2.45, 2.75) is 33.6 Å². The van der Waals surface area contributed by atoms with Gasteiger partial charge in [-0.2, -0.15) is 0 Å². The van der Waals surface area contributed by atoms with E-state index in [-0.39, 0.29) is 0 Å². The SMILES string of the molecule is CC(C)=C1C=C[C@H](C)CC1. The predicted molar refractivity (Wildman–Crippen MR) is 45.9 cm³/mol. The van der Waals surface area contributed by atoms with E-state index in [0.717, 1.165) is 5.92 Å². The van der Waals surface area contributed by atoms with Gasteiger partial charge in [-0.3, -0.25) is 0 Å². The lowest BCUT2D eigenvalue weighted by atomic mass is 9.92. The molecule has 56 valence electrons. The zero-order valence-corrected chi connectivity index (χ0v) is 7.15. The van der Waals surface area contributed by atoms with E-state index in [0.29, 0.717) is 0 Å². The first kappa shape index (κ1) is 7.59.